The molecule has 1 aromatic rings. The summed E-state index contributed by atoms with van der Waals surface area (Å²) in [5.41, 5.74) is 0.651. The maximum Gasteiger partial charge on any atom is 0.320 e. The molecule has 1 aromatic carbocycles. The molecule has 1 fully saturated rings. The van der Waals surface area contributed by atoms with Crippen LogP contribution in [0, 0.1) is 11.3 Å². The number of thioether (sulfide) groups is 1. The van der Waals surface area contributed by atoms with Gasteiger partial charge < -0.3 is 14.4 Å². The average molecular weight is 478 g/mol. The molecule has 0 spiro atoms. The first-order chi connectivity index (χ1) is 15.6. The summed E-state index contributed by atoms with van der Waals surface area (Å²) in [6.07, 6.45) is 1.96. The van der Waals surface area contributed by atoms with E-state index in [1.165, 1.54) is 0 Å². The number of benzene rings is 1. The highest BCUT2D eigenvalue weighted by Crippen LogP contribution is 2.54. The molecule has 0 N–H and O–H groups in total. The Bertz CT molecular complexity index is 794. The molecule has 1 amide bonds. The van der Waals surface area contributed by atoms with E-state index in [1.54, 1.807) is 20.8 Å². The maximum absolute atomic E-state index is 12.7. The third-order valence-electron chi connectivity index (χ3n) is 7.02. The van der Waals surface area contributed by atoms with E-state index in [-0.39, 0.29) is 30.1 Å². The lowest BCUT2D eigenvalue weighted by Gasteiger charge is -2.48. The van der Waals surface area contributed by atoms with Gasteiger partial charge in [-0.15, -0.1) is 0 Å². The Balaban J connectivity index is 2.09. The number of carbonyl (C=O) groups is 3. The standard InChI is InChI=1S/C26H39NO5S/c1-7-31-23(29)21(24(30)32-8-2)15-12-16-22-25(4,5)26(6,18-33-22)27(19(3)28)17-20-13-10-9-11-14-20/h9-11,13-14,21-22H,7-8,12,15-18H2,1-6H3/t22?,26-/m0/s1. The van der Waals surface area contributed by atoms with Gasteiger partial charge in [0.05, 0.1) is 18.8 Å². The number of hydrogen-bond acceptors (Lipinski definition) is 6. The second-order valence-electron chi connectivity index (χ2n) is 9.37. The predicted molar refractivity (Wildman–Crippen MR) is 132 cm³/mol. The van der Waals surface area contributed by atoms with Crippen LogP contribution in [0.3, 0.4) is 0 Å². The van der Waals surface area contributed by atoms with E-state index >= 15 is 0 Å². The number of ether oxygens (including phenoxy) is 2. The number of hydrogen-bond donors (Lipinski definition) is 0. The molecule has 1 saturated heterocycles. The van der Waals surface area contributed by atoms with E-state index in [1.807, 2.05) is 34.9 Å². The van der Waals surface area contributed by atoms with Crippen LogP contribution in [0.5, 0.6) is 0 Å². The Kier molecular flexibility index (Phi) is 9.83. The minimum absolute atomic E-state index is 0.0698. The van der Waals surface area contributed by atoms with Gasteiger partial charge in [0.25, 0.3) is 0 Å². The molecule has 1 aliphatic rings. The van der Waals surface area contributed by atoms with E-state index in [0.29, 0.717) is 24.6 Å². The van der Waals surface area contributed by atoms with Crippen LogP contribution in [0.4, 0.5) is 0 Å². The Labute approximate surface area is 202 Å². The van der Waals surface area contributed by atoms with Gasteiger partial charge in [-0.3, -0.25) is 14.4 Å². The van der Waals surface area contributed by atoms with Crippen molar-refractivity contribution >= 4 is 29.6 Å². The zero-order chi connectivity index (χ0) is 24.6. The smallest absolute Gasteiger partial charge is 0.320 e. The molecule has 1 aliphatic heterocycles. The van der Waals surface area contributed by atoms with Crippen LogP contribution < -0.4 is 0 Å². The summed E-state index contributed by atoms with van der Waals surface area (Å²) < 4.78 is 10.2. The molecule has 33 heavy (non-hydrogen) atoms. The minimum Gasteiger partial charge on any atom is -0.465 e. The quantitative estimate of drug-likeness (QED) is 0.335. The van der Waals surface area contributed by atoms with Gasteiger partial charge >= 0.3 is 11.9 Å². The molecule has 0 aromatic heterocycles. The number of carbonyl (C=O) groups excluding carboxylic acids is 3. The van der Waals surface area contributed by atoms with Gasteiger partial charge in [-0.1, -0.05) is 50.6 Å². The van der Waals surface area contributed by atoms with Crippen molar-refractivity contribution in [3.8, 4) is 0 Å². The number of nitrogens with zero attached hydrogens (tertiary/aromatic N) is 1. The molecule has 1 unspecified atom stereocenters. The first kappa shape index (κ1) is 27.2. The zero-order valence-electron chi connectivity index (χ0n) is 20.9. The van der Waals surface area contributed by atoms with Crippen molar-refractivity contribution in [1.82, 2.24) is 4.90 Å². The summed E-state index contributed by atoms with van der Waals surface area (Å²) >= 11 is 1.88. The number of amides is 1. The van der Waals surface area contributed by atoms with Gasteiger partial charge in [-0.25, -0.2) is 0 Å². The van der Waals surface area contributed by atoms with Crippen LogP contribution in [-0.4, -0.2) is 52.5 Å². The zero-order valence-corrected chi connectivity index (χ0v) is 21.7. The van der Waals surface area contributed by atoms with E-state index in [2.05, 4.69) is 32.9 Å². The summed E-state index contributed by atoms with van der Waals surface area (Å²) in [7, 11) is 0. The van der Waals surface area contributed by atoms with Crippen molar-refractivity contribution in [3.05, 3.63) is 35.9 Å². The van der Waals surface area contributed by atoms with Crippen LogP contribution in [0.15, 0.2) is 30.3 Å². The highest BCUT2D eigenvalue weighted by molar-refractivity contribution is 8.00. The summed E-state index contributed by atoms with van der Waals surface area (Å²) in [5.74, 6) is -0.983. The molecule has 0 radical (unpaired) electrons. The third-order valence-corrected chi connectivity index (χ3v) is 8.98. The molecule has 0 bridgehead atoms. The van der Waals surface area contributed by atoms with E-state index in [4.69, 9.17) is 9.47 Å². The van der Waals surface area contributed by atoms with Crippen LogP contribution >= 0.6 is 11.8 Å². The number of rotatable bonds is 11. The Morgan fingerprint density at radius 1 is 1.06 bits per heavy atom. The molecule has 1 heterocycles. The molecule has 2 rings (SSSR count). The van der Waals surface area contributed by atoms with Gasteiger partial charge in [-0.05, 0) is 39.2 Å². The maximum atomic E-state index is 12.7. The lowest BCUT2D eigenvalue weighted by Crippen LogP contribution is -2.58. The largest absolute Gasteiger partial charge is 0.465 e. The second-order valence-corrected chi connectivity index (χ2v) is 10.6. The Morgan fingerprint density at radius 3 is 2.15 bits per heavy atom. The fourth-order valence-electron chi connectivity index (χ4n) is 4.60. The van der Waals surface area contributed by atoms with Crippen molar-refractivity contribution in [3.63, 3.8) is 0 Å². The lowest BCUT2D eigenvalue weighted by molar-refractivity contribution is -0.162. The van der Waals surface area contributed by atoms with Crippen molar-refractivity contribution in [2.24, 2.45) is 11.3 Å². The SMILES string of the molecule is CCOC(=O)C(CCCC1SC[C@](C)(N(Cc2ccccc2)C(C)=O)C1(C)C)C(=O)OCC. The van der Waals surface area contributed by atoms with Crippen molar-refractivity contribution in [2.75, 3.05) is 19.0 Å². The van der Waals surface area contributed by atoms with Crippen molar-refractivity contribution in [2.45, 2.75) is 78.1 Å². The van der Waals surface area contributed by atoms with Gasteiger partial charge in [-0.2, -0.15) is 11.8 Å². The summed E-state index contributed by atoms with van der Waals surface area (Å²) in [4.78, 5) is 39.3. The summed E-state index contributed by atoms with van der Waals surface area (Å²) in [6.45, 7) is 12.8. The Hall–Kier alpha value is -2.02. The minimum atomic E-state index is -0.877. The highest BCUT2D eigenvalue weighted by Gasteiger charge is 2.55. The summed E-state index contributed by atoms with van der Waals surface area (Å²) in [6, 6.07) is 10.1. The second kappa shape index (κ2) is 11.9. The molecular formula is C26H39NO5S. The Morgan fingerprint density at radius 2 is 1.64 bits per heavy atom. The number of esters is 2. The molecule has 2 atom stereocenters. The van der Waals surface area contributed by atoms with Crippen LogP contribution in [0.2, 0.25) is 0 Å². The molecule has 0 aliphatic carbocycles. The normalized spacial score (nSPS) is 21.6. The van der Waals surface area contributed by atoms with Gasteiger partial charge in [0.15, 0.2) is 5.92 Å². The summed E-state index contributed by atoms with van der Waals surface area (Å²) in [5, 5.41) is 0.296. The molecule has 0 saturated carbocycles. The van der Waals surface area contributed by atoms with Gasteiger partial charge in [0, 0.05) is 29.9 Å². The monoisotopic (exact) mass is 477 g/mol. The van der Waals surface area contributed by atoms with Crippen LogP contribution in [0.1, 0.15) is 66.4 Å². The first-order valence-electron chi connectivity index (χ1n) is 11.9. The highest BCUT2D eigenvalue weighted by atomic mass is 32.2. The lowest BCUT2D eigenvalue weighted by atomic mass is 9.69. The molecule has 7 heteroatoms. The molecule has 6 nitrogen and oxygen atoms in total. The van der Waals surface area contributed by atoms with Gasteiger partial charge in [0.2, 0.25) is 5.91 Å². The van der Waals surface area contributed by atoms with Crippen LogP contribution in [0.25, 0.3) is 0 Å². The first-order valence-corrected chi connectivity index (χ1v) is 12.9. The fraction of sp³-hybridized carbons (Fsp3) is 0.654. The van der Waals surface area contributed by atoms with E-state index in [0.717, 1.165) is 17.7 Å². The third kappa shape index (κ3) is 6.31. The van der Waals surface area contributed by atoms with E-state index in [9.17, 15) is 14.4 Å². The fourth-order valence-corrected chi connectivity index (χ4v) is 6.66. The van der Waals surface area contributed by atoms with Gasteiger partial charge in [0.1, 0.15) is 0 Å². The predicted octanol–water partition coefficient (Wildman–Crippen LogP) is 4.85. The molecular weight excluding hydrogens is 438 g/mol. The van der Waals surface area contributed by atoms with Crippen molar-refractivity contribution in [1.29, 1.82) is 0 Å². The van der Waals surface area contributed by atoms with Crippen molar-refractivity contribution < 1.29 is 23.9 Å². The van der Waals surface area contributed by atoms with E-state index < -0.39 is 17.9 Å². The molecule has 184 valence electrons. The van der Waals surface area contributed by atoms with Crippen LogP contribution in [-0.2, 0) is 30.4 Å². The average Bonchev–Trinajstić information content (AvgIpc) is 2.99. The topological polar surface area (TPSA) is 72.9 Å².